The molecule has 2 amide bonds. The Morgan fingerprint density at radius 2 is 1.57 bits per heavy atom. The molecule has 1 fully saturated rings. The van der Waals surface area contributed by atoms with E-state index in [0.29, 0.717) is 19.4 Å². The molecule has 0 aliphatic heterocycles. The Morgan fingerprint density at radius 3 is 2.06 bits per heavy atom. The maximum atomic E-state index is 13.2. The van der Waals surface area contributed by atoms with Crippen LogP contribution in [0.3, 0.4) is 0 Å². The summed E-state index contributed by atoms with van der Waals surface area (Å²) in [7, 11) is 0. The number of hydrogen-bond donors (Lipinski definition) is 3. The van der Waals surface area contributed by atoms with Crippen LogP contribution >= 0.6 is 0 Å². The van der Waals surface area contributed by atoms with Crippen molar-refractivity contribution in [2.75, 3.05) is 13.2 Å². The van der Waals surface area contributed by atoms with Gasteiger partial charge in [0, 0.05) is 12.5 Å². The molecule has 0 spiro atoms. The van der Waals surface area contributed by atoms with Crippen molar-refractivity contribution in [3.05, 3.63) is 59.7 Å². The molecular formula is C28H34N2O5. The molecule has 0 unspecified atom stereocenters. The minimum Gasteiger partial charge on any atom is -0.481 e. The second-order valence-electron chi connectivity index (χ2n) is 9.85. The van der Waals surface area contributed by atoms with Gasteiger partial charge in [0.1, 0.15) is 12.1 Å². The molecule has 0 saturated heterocycles. The first kappa shape index (κ1) is 24.8. The molecule has 0 atom stereocenters. The van der Waals surface area contributed by atoms with Crippen LogP contribution in [0, 0.1) is 5.41 Å². The van der Waals surface area contributed by atoms with E-state index in [1.807, 2.05) is 38.1 Å². The smallest absolute Gasteiger partial charge is 0.408 e. The number of ether oxygens (including phenoxy) is 1. The third kappa shape index (κ3) is 4.90. The maximum Gasteiger partial charge on any atom is 0.408 e. The average molecular weight is 479 g/mol. The summed E-state index contributed by atoms with van der Waals surface area (Å²) in [6.07, 6.45) is 2.73. The fraction of sp³-hybridized carbons (Fsp3) is 0.464. The van der Waals surface area contributed by atoms with Crippen LogP contribution in [0.15, 0.2) is 48.5 Å². The summed E-state index contributed by atoms with van der Waals surface area (Å²) in [5, 5.41) is 15.0. The predicted octanol–water partition coefficient (Wildman–Crippen LogP) is 4.85. The number of amides is 2. The number of carboxylic acids is 1. The highest BCUT2D eigenvalue weighted by Gasteiger charge is 2.42. The van der Waals surface area contributed by atoms with Gasteiger partial charge in [0.15, 0.2) is 0 Å². The molecule has 4 rings (SSSR count). The second kappa shape index (κ2) is 10.1. The van der Waals surface area contributed by atoms with Crippen molar-refractivity contribution in [3.8, 4) is 11.1 Å². The minimum atomic E-state index is -1.11. The Labute approximate surface area is 206 Å². The number of nitrogens with one attached hydrogen (secondary N) is 2. The summed E-state index contributed by atoms with van der Waals surface area (Å²) >= 11 is 0. The number of rotatable bonds is 10. The predicted molar refractivity (Wildman–Crippen MR) is 133 cm³/mol. The van der Waals surface area contributed by atoms with Crippen LogP contribution < -0.4 is 10.6 Å². The van der Waals surface area contributed by atoms with Crippen molar-refractivity contribution in [1.82, 2.24) is 10.6 Å². The highest BCUT2D eigenvalue weighted by atomic mass is 16.5. The second-order valence-corrected chi connectivity index (χ2v) is 9.85. The van der Waals surface area contributed by atoms with Crippen LogP contribution in [-0.2, 0) is 14.3 Å². The molecule has 7 heteroatoms. The van der Waals surface area contributed by atoms with Gasteiger partial charge in [-0.3, -0.25) is 9.59 Å². The van der Waals surface area contributed by atoms with Crippen molar-refractivity contribution >= 4 is 18.0 Å². The largest absolute Gasteiger partial charge is 0.481 e. The molecule has 2 aromatic rings. The lowest BCUT2D eigenvalue weighted by Crippen LogP contribution is -2.60. The summed E-state index contributed by atoms with van der Waals surface area (Å²) in [6.45, 7) is 4.17. The lowest BCUT2D eigenvalue weighted by molar-refractivity contribution is -0.142. The quantitative estimate of drug-likeness (QED) is 0.453. The summed E-state index contributed by atoms with van der Waals surface area (Å²) in [5.74, 6) is -1.21. The van der Waals surface area contributed by atoms with E-state index in [1.165, 1.54) is 0 Å². The molecule has 0 aromatic heterocycles. The van der Waals surface area contributed by atoms with Crippen LogP contribution in [0.5, 0.6) is 0 Å². The van der Waals surface area contributed by atoms with E-state index < -0.39 is 23.0 Å². The number of aliphatic carboxylic acids is 1. The Morgan fingerprint density at radius 1 is 1.00 bits per heavy atom. The third-order valence-corrected chi connectivity index (χ3v) is 7.89. The van der Waals surface area contributed by atoms with Gasteiger partial charge in [-0.2, -0.15) is 0 Å². The lowest BCUT2D eigenvalue weighted by Gasteiger charge is -2.42. The van der Waals surface area contributed by atoms with Gasteiger partial charge in [0.25, 0.3) is 0 Å². The Bertz CT molecular complexity index is 1060. The standard InChI is InChI=1S/C28H34N2O5/c1-3-28(4-2,25(33)29-18-27(14-9-15-27)16-24(31)32)30-26(34)35-17-23-21-12-7-5-10-19(21)20-11-6-8-13-22(20)23/h5-8,10-13,23H,3-4,9,14-18H2,1-2H3,(H,29,33)(H,30,34)(H,31,32). The summed E-state index contributed by atoms with van der Waals surface area (Å²) in [5.41, 5.74) is 3.05. The van der Waals surface area contributed by atoms with Crippen molar-refractivity contribution in [3.63, 3.8) is 0 Å². The van der Waals surface area contributed by atoms with Gasteiger partial charge >= 0.3 is 12.1 Å². The molecule has 2 aliphatic rings. The number of alkyl carbamates (subject to hydrolysis) is 1. The molecule has 35 heavy (non-hydrogen) atoms. The van der Waals surface area contributed by atoms with Gasteiger partial charge in [-0.15, -0.1) is 0 Å². The Balaban J connectivity index is 1.40. The maximum absolute atomic E-state index is 13.2. The Kier molecular flexibility index (Phi) is 7.15. The molecule has 3 N–H and O–H groups in total. The van der Waals surface area contributed by atoms with Gasteiger partial charge in [0.2, 0.25) is 5.91 Å². The number of benzene rings is 2. The van der Waals surface area contributed by atoms with Crippen LogP contribution in [0.4, 0.5) is 4.79 Å². The summed E-state index contributed by atoms with van der Waals surface area (Å²) < 4.78 is 5.67. The first-order chi connectivity index (χ1) is 16.8. The number of hydrogen-bond acceptors (Lipinski definition) is 4. The van der Waals surface area contributed by atoms with Crippen LogP contribution in [0.25, 0.3) is 11.1 Å². The molecule has 0 bridgehead atoms. The molecule has 2 aliphatic carbocycles. The molecule has 186 valence electrons. The van der Waals surface area contributed by atoms with Crippen LogP contribution in [0.2, 0.25) is 0 Å². The molecule has 0 radical (unpaired) electrons. The van der Waals surface area contributed by atoms with Gasteiger partial charge in [-0.25, -0.2) is 4.79 Å². The third-order valence-electron chi connectivity index (χ3n) is 7.89. The first-order valence-electron chi connectivity index (χ1n) is 12.5. The zero-order chi connectivity index (χ0) is 25.1. The number of carbonyl (C=O) groups excluding carboxylic acids is 2. The molecule has 7 nitrogen and oxygen atoms in total. The van der Waals surface area contributed by atoms with Crippen LogP contribution in [-0.4, -0.2) is 41.8 Å². The number of carbonyl (C=O) groups is 3. The normalized spacial score (nSPS) is 15.9. The van der Waals surface area contributed by atoms with E-state index in [4.69, 9.17) is 4.74 Å². The fourth-order valence-corrected chi connectivity index (χ4v) is 5.49. The van der Waals surface area contributed by atoms with E-state index in [9.17, 15) is 19.5 Å². The Hall–Kier alpha value is -3.35. The minimum absolute atomic E-state index is 0.0400. The van der Waals surface area contributed by atoms with Crippen molar-refractivity contribution in [2.45, 2.75) is 63.8 Å². The highest BCUT2D eigenvalue weighted by Crippen LogP contribution is 2.45. The average Bonchev–Trinajstić information content (AvgIpc) is 3.16. The number of carboxylic acid groups (broad SMARTS) is 1. The van der Waals surface area contributed by atoms with Crippen molar-refractivity contribution in [1.29, 1.82) is 0 Å². The monoisotopic (exact) mass is 478 g/mol. The van der Waals surface area contributed by atoms with E-state index >= 15 is 0 Å². The van der Waals surface area contributed by atoms with Gasteiger partial charge < -0.3 is 20.5 Å². The van der Waals surface area contributed by atoms with E-state index in [-0.39, 0.29) is 24.9 Å². The zero-order valence-electron chi connectivity index (χ0n) is 20.4. The van der Waals surface area contributed by atoms with Crippen molar-refractivity contribution in [2.24, 2.45) is 5.41 Å². The topological polar surface area (TPSA) is 105 Å². The van der Waals surface area contributed by atoms with Crippen LogP contribution in [0.1, 0.15) is 69.4 Å². The number of fused-ring (bicyclic) bond motifs is 3. The molecule has 1 saturated carbocycles. The zero-order valence-corrected chi connectivity index (χ0v) is 20.4. The van der Waals surface area contributed by atoms with E-state index in [1.54, 1.807) is 0 Å². The highest BCUT2D eigenvalue weighted by molar-refractivity contribution is 5.90. The van der Waals surface area contributed by atoms with E-state index in [2.05, 4.69) is 34.9 Å². The van der Waals surface area contributed by atoms with E-state index in [0.717, 1.165) is 41.5 Å². The fourth-order valence-electron chi connectivity index (χ4n) is 5.49. The lowest BCUT2D eigenvalue weighted by atomic mass is 9.66. The van der Waals surface area contributed by atoms with Crippen molar-refractivity contribution < 1.29 is 24.2 Å². The molecular weight excluding hydrogens is 444 g/mol. The SMILES string of the molecule is CCC(CC)(NC(=O)OCC1c2ccccc2-c2ccccc21)C(=O)NCC1(CC(=O)O)CCC1. The summed E-state index contributed by atoms with van der Waals surface area (Å²) in [4.78, 5) is 37.3. The van der Waals surface area contributed by atoms with Gasteiger partial charge in [-0.1, -0.05) is 68.8 Å². The summed E-state index contributed by atoms with van der Waals surface area (Å²) in [6, 6.07) is 16.3. The van der Waals surface area contributed by atoms with Gasteiger partial charge in [0.05, 0.1) is 6.42 Å². The molecule has 2 aromatic carbocycles. The van der Waals surface area contributed by atoms with Gasteiger partial charge in [-0.05, 0) is 53.4 Å². The molecule has 0 heterocycles. The first-order valence-corrected chi connectivity index (χ1v) is 12.5.